The Bertz CT molecular complexity index is 1090. The average Bonchev–Trinajstić information content (AvgIpc) is 3.27. The van der Waals surface area contributed by atoms with E-state index in [1.807, 2.05) is 29.2 Å². The van der Waals surface area contributed by atoms with E-state index in [4.69, 9.17) is 4.74 Å². The van der Waals surface area contributed by atoms with Crippen molar-refractivity contribution in [3.05, 3.63) is 69.9 Å². The normalized spacial score (nSPS) is 19.5. The number of guanidine groups is 1. The van der Waals surface area contributed by atoms with Crippen LogP contribution in [0.15, 0.2) is 59.2 Å². The Balaban J connectivity index is 1.44. The second-order valence-electron chi connectivity index (χ2n) is 7.68. The number of carbonyl (C=O) groups is 1. The summed E-state index contributed by atoms with van der Waals surface area (Å²) in [4.78, 5) is 33.1. The molecule has 0 aromatic heterocycles. The minimum Gasteiger partial charge on any atom is -0.370 e. The van der Waals surface area contributed by atoms with Crippen molar-refractivity contribution in [2.45, 2.75) is 0 Å². The second kappa shape index (κ2) is 7.93. The van der Waals surface area contributed by atoms with Crippen molar-refractivity contribution >= 4 is 35.0 Å². The van der Waals surface area contributed by atoms with Gasteiger partial charge >= 0.3 is 0 Å². The highest BCUT2D eigenvalue weighted by atomic mass is 16.6. The number of nitro benzene ring substituents is 1. The molecule has 1 amide bonds. The van der Waals surface area contributed by atoms with Crippen molar-refractivity contribution in [3.63, 3.8) is 0 Å². The first-order valence-electron chi connectivity index (χ1n) is 10.3. The number of morpholine rings is 1. The first-order chi connectivity index (χ1) is 15.1. The lowest BCUT2D eigenvalue weighted by atomic mass is 10.1. The predicted octanol–water partition coefficient (Wildman–Crippen LogP) is 1.07. The number of fused-ring (bicyclic) bond motifs is 3. The fourth-order valence-electron chi connectivity index (χ4n) is 4.19. The Labute approximate surface area is 179 Å². The number of amides is 1. The summed E-state index contributed by atoms with van der Waals surface area (Å²) in [6.45, 7) is 5.20. The van der Waals surface area contributed by atoms with E-state index in [0.717, 1.165) is 50.8 Å². The quantitative estimate of drug-likeness (QED) is 0.442. The highest BCUT2D eigenvalue weighted by Gasteiger charge is 2.42. The Kier molecular flexibility index (Phi) is 4.97. The maximum Gasteiger partial charge on any atom is 0.297 e. The van der Waals surface area contributed by atoms with E-state index in [0.29, 0.717) is 17.2 Å². The van der Waals surface area contributed by atoms with Crippen LogP contribution >= 0.6 is 0 Å². The standard InChI is InChI=1S/C22H21N5O4/c28-21-20(15-16-5-7-17(8-6-16)27(29)30)26-19-4-2-1-3-18(19)25(22(26)23-21)10-9-24-11-13-31-14-12-24/h1-8,15H,9-14H2/p+1. The molecule has 3 heterocycles. The fourth-order valence-corrected chi connectivity index (χ4v) is 4.19. The number of benzene rings is 2. The van der Waals surface area contributed by atoms with Gasteiger partial charge in [-0.15, -0.1) is 0 Å². The molecule has 1 N–H and O–H groups in total. The lowest BCUT2D eigenvalue weighted by Crippen LogP contribution is -3.14. The van der Waals surface area contributed by atoms with Gasteiger partial charge in [0.05, 0.1) is 42.6 Å². The van der Waals surface area contributed by atoms with Gasteiger partial charge in [-0.2, -0.15) is 4.99 Å². The molecular weight excluding hydrogens is 398 g/mol. The van der Waals surface area contributed by atoms with Gasteiger partial charge in [0.2, 0.25) is 5.96 Å². The molecule has 2 aromatic rings. The SMILES string of the molecule is O=C1N=C2N(CC[NH+]3CCOCC3)c3ccccc3N2C1=Cc1ccc([N+](=O)[O-])cc1. The first kappa shape index (κ1) is 19.4. The van der Waals surface area contributed by atoms with Crippen molar-refractivity contribution in [1.82, 2.24) is 0 Å². The largest absolute Gasteiger partial charge is 0.370 e. The third kappa shape index (κ3) is 3.58. The maximum absolute atomic E-state index is 12.8. The van der Waals surface area contributed by atoms with Gasteiger partial charge in [-0.3, -0.25) is 19.8 Å². The molecule has 0 saturated carbocycles. The highest BCUT2D eigenvalue weighted by Crippen LogP contribution is 2.42. The first-order valence-corrected chi connectivity index (χ1v) is 10.3. The van der Waals surface area contributed by atoms with Crippen LogP contribution in [-0.4, -0.2) is 56.2 Å². The van der Waals surface area contributed by atoms with Gasteiger partial charge in [0.25, 0.3) is 11.6 Å². The number of rotatable bonds is 5. The monoisotopic (exact) mass is 420 g/mol. The van der Waals surface area contributed by atoms with E-state index < -0.39 is 4.92 Å². The van der Waals surface area contributed by atoms with Gasteiger partial charge < -0.3 is 14.5 Å². The molecule has 158 valence electrons. The van der Waals surface area contributed by atoms with Crippen LogP contribution in [0.5, 0.6) is 0 Å². The number of anilines is 2. The van der Waals surface area contributed by atoms with Gasteiger partial charge in [0.15, 0.2) is 0 Å². The van der Waals surface area contributed by atoms with E-state index in [1.54, 1.807) is 18.2 Å². The number of hydrogen-bond acceptors (Lipinski definition) is 6. The van der Waals surface area contributed by atoms with Crippen molar-refractivity contribution in [2.75, 3.05) is 49.2 Å². The number of para-hydroxylation sites is 2. The third-order valence-electron chi connectivity index (χ3n) is 5.81. The summed E-state index contributed by atoms with van der Waals surface area (Å²) in [5, 5.41) is 10.9. The highest BCUT2D eigenvalue weighted by molar-refractivity contribution is 6.31. The molecule has 0 atom stereocenters. The van der Waals surface area contributed by atoms with Crippen molar-refractivity contribution in [1.29, 1.82) is 0 Å². The van der Waals surface area contributed by atoms with Gasteiger partial charge in [-0.05, 0) is 35.9 Å². The van der Waals surface area contributed by atoms with Crippen LogP contribution in [0.25, 0.3) is 6.08 Å². The van der Waals surface area contributed by atoms with Gasteiger partial charge in [-0.25, -0.2) is 0 Å². The van der Waals surface area contributed by atoms with Crippen molar-refractivity contribution < 1.29 is 19.4 Å². The minimum absolute atomic E-state index is 0.0140. The molecule has 2 aromatic carbocycles. The van der Waals surface area contributed by atoms with E-state index >= 15 is 0 Å². The summed E-state index contributed by atoms with van der Waals surface area (Å²) in [6, 6.07) is 14.1. The summed E-state index contributed by atoms with van der Waals surface area (Å²) in [7, 11) is 0. The topological polar surface area (TPSA) is 92.7 Å². The summed E-state index contributed by atoms with van der Waals surface area (Å²) >= 11 is 0. The smallest absolute Gasteiger partial charge is 0.297 e. The molecule has 3 aliphatic rings. The maximum atomic E-state index is 12.8. The zero-order chi connectivity index (χ0) is 21.4. The minimum atomic E-state index is -0.441. The molecule has 0 spiro atoms. The third-order valence-corrected chi connectivity index (χ3v) is 5.81. The Morgan fingerprint density at radius 3 is 2.52 bits per heavy atom. The molecule has 0 unspecified atom stereocenters. The van der Waals surface area contributed by atoms with Crippen LogP contribution in [-0.2, 0) is 9.53 Å². The van der Waals surface area contributed by atoms with Crippen molar-refractivity contribution in [3.8, 4) is 0 Å². The predicted molar refractivity (Wildman–Crippen MR) is 116 cm³/mol. The summed E-state index contributed by atoms with van der Waals surface area (Å²) in [5.74, 6) is 0.304. The molecule has 0 radical (unpaired) electrons. The number of quaternary nitrogens is 1. The number of nitrogens with one attached hydrogen (secondary N) is 1. The Morgan fingerprint density at radius 2 is 1.81 bits per heavy atom. The van der Waals surface area contributed by atoms with Crippen LogP contribution in [0.4, 0.5) is 17.1 Å². The molecule has 0 bridgehead atoms. The molecule has 3 aliphatic heterocycles. The fraction of sp³-hybridized carbons (Fsp3) is 0.273. The number of aliphatic imine (C=N–C) groups is 1. The van der Waals surface area contributed by atoms with Gasteiger partial charge in [0.1, 0.15) is 18.8 Å². The zero-order valence-electron chi connectivity index (χ0n) is 16.9. The van der Waals surface area contributed by atoms with Crippen LogP contribution in [0.3, 0.4) is 0 Å². The molecule has 9 heteroatoms. The van der Waals surface area contributed by atoms with Crippen LogP contribution in [0, 0.1) is 10.1 Å². The molecule has 0 aliphatic carbocycles. The Morgan fingerprint density at radius 1 is 1.10 bits per heavy atom. The number of non-ortho nitro benzene ring substituents is 1. The van der Waals surface area contributed by atoms with Crippen LogP contribution < -0.4 is 14.7 Å². The Hall–Kier alpha value is -3.56. The molecule has 1 saturated heterocycles. The molecular formula is C22H22N5O4+. The van der Waals surface area contributed by atoms with Gasteiger partial charge in [-0.1, -0.05) is 12.1 Å². The lowest BCUT2D eigenvalue weighted by molar-refractivity contribution is -0.906. The average molecular weight is 420 g/mol. The number of ether oxygens (including phenoxy) is 1. The van der Waals surface area contributed by atoms with E-state index in [9.17, 15) is 14.9 Å². The second-order valence-corrected chi connectivity index (χ2v) is 7.68. The zero-order valence-corrected chi connectivity index (χ0v) is 16.9. The number of nitro groups is 1. The van der Waals surface area contributed by atoms with Crippen LogP contribution in [0.1, 0.15) is 5.56 Å². The molecule has 31 heavy (non-hydrogen) atoms. The number of carbonyl (C=O) groups excluding carboxylic acids is 1. The molecule has 9 nitrogen and oxygen atoms in total. The van der Waals surface area contributed by atoms with Crippen molar-refractivity contribution in [2.24, 2.45) is 4.99 Å². The molecule has 1 fully saturated rings. The lowest BCUT2D eigenvalue weighted by Gasteiger charge is -2.26. The summed E-state index contributed by atoms with van der Waals surface area (Å²) in [6.07, 6.45) is 1.73. The molecule has 5 rings (SSSR count). The van der Waals surface area contributed by atoms with E-state index in [1.165, 1.54) is 17.0 Å². The van der Waals surface area contributed by atoms with E-state index in [-0.39, 0.29) is 11.6 Å². The summed E-state index contributed by atoms with van der Waals surface area (Å²) < 4.78 is 5.45. The van der Waals surface area contributed by atoms with E-state index in [2.05, 4.69) is 9.89 Å². The number of nitrogens with zero attached hydrogens (tertiary/aromatic N) is 4. The van der Waals surface area contributed by atoms with Gasteiger partial charge in [0, 0.05) is 12.1 Å². The van der Waals surface area contributed by atoms with Crippen LogP contribution in [0.2, 0.25) is 0 Å². The summed E-state index contributed by atoms with van der Waals surface area (Å²) in [5.41, 5.74) is 3.10. The number of hydrogen-bond donors (Lipinski definition) is 1.